The molecule has 0 spiro atoms. The van der Waals surface area contributed by atoms with Crippen LogP contribution >= 0.6 is 0 Å². The molecule has 1 rings (SSSR count). The molecule has 0 bridgehead atoms. The molecule has 0 saturated carbocycles. The molecule has 0 heterocycles. The maximum Gasteiger partial charge on any atom is 0.133 e. The molecule has 3 nitrogen and oxygen atoms in total. The molecule has 1 aromatic carbocycles. The van der Waals surface area contributed by atoms with Gasteiger partial charge in [0.1, 0.15) is 11.5 Å². The monoisotopic (exact) mass is 264 g/mol. The van der Waals surface area contributed by atoms with Gasteiger partial charge in [-0.1, -0.05) is 12.1 Å². The van der Waals surface area contributed by atoms with Crippen LogP contribution in [0.15, 0.2) is 24.3 Å². The lowest BCUT2D eigenvalue weighted by molar-refractivity contribution is -0.120. The number of Topliss-reactive ketones (excluding diaryl/α,β-unsaturated/α-hetero) is 1. The summed E-state index contributed by atoms with van der Waals surface area (Å²) in [6, 6.07) is 7.86. The second-order valence-corrected chi connectivity index (χ2v) is 5.35. The molecule has 3 heteroatoms. The molecule has 0 radical (unpaired) electrons. The molecule has 0 fully saturated rings. The summed E-state index contributed by atoms with van der Waals surface area (Å²) < 4.78 is 10.4. The molecule has 106 valence electrons. The summed E-state index contributed by atoms with van der Waals surface area (Å²) in [4.78, 5) is 11.8. The molecule has 0 aliphatic heterocycles. The van der Waals surface area contributed by atoms with Crippen molar-refractivity contribution in [3.63, 3.8) is 0 Å². The van der Waals surface area contributed by atoms with Crippen LogP contribution < -0.4 is 4.74 Å². The maximum atomic E-state index is 11.8. The predicted molar refractivity (Wildman–Crippen MR) is 76.6 cm³/mol. The molecule has 0 aliphatic rings. The third kappa shape index (κ3) is 5.88. The smallest absolute Gasteiger partial charge is 0.133 e. The van der Waals surface area contributed by atoms with E-state index < -0.39 is 0 Å². The van der Waals surface area contributed by atoms with E-state index >= 15 is 0 Å². The van der Waals surface area contributed by atoms with Crippen molar-refractivity contribution in [1.29, 1.82) is 0 Å². The Morgan fingerprint density at radius 3 is 2.26 bits per heavy atom. The Labute approximate surface area is 115 Å². The van der Waals surface area contributed by atoms with Gasteiger partial charge in [-0.05, 0) is 44.4 Å². The Morgan fingerprint density at radius 2 is 1.74 bits per heavy atom. The van der Waals surface area contributed by atoms with E-state index in [2.05, 4.69) is 0 Å². The van der Waals surface area contributed by atoms with Crippen LogP contribution in [0.25, 0.3) is 0 Å². The zero-order chi connectivity index (χ0) is 14.3. The van der Waals surface area contributed by atoms with Crippen LogP contribution in [0, 0.1) is 0 Å². The van der Waals surface area contributed by atoms with E-state index in [0.717, 1.165) is 18.6 Å². The second-order valence-electron chi connectivity index (χ2n) is 5.35. The molecule has 0 amide bonds. The van der Waals surface area contributed by atoms with Gasteiger partial charge in [0.15, 0.2) is 0 Å². The highest BCUT2D eigenvalue weighted by atomic mass is 16.5. The highest BCUT2D eigenvalue weighted by molar-refractivity contribution is 5.78. The van der Waals surface area contributed by atoms with E-state index in [4.69, 9.17) is 9.47 Å². The first kappa shape index (κ1) is 15.7. The number of rotatable bonds is 8. The average Bonchev–Trinajstić information content (AvgIpc) is 2.43. The third-order valence-electron chi connectivity index (χ3n) is 3.41. The van der Waals surface area contributed by atoms with E-state index in [9.17, 15) is 4.79 Å². The zero-order valence-electron chi connectivity index (χ0n) is 12.4. The Balaban J connectivity index is 2.33. The van der Waals surface area contributed by atoms with Crippen molar-refractivity contribution in [1.82, 2.24) is 0 Å². The average molecular weight is 264 g/mol. The summed E-state index contributed by atoms with van der Waals surface area (Å²) in [6.07, 6.45) is 2.73. The first-order valence-corrected chi connectivity index (χ1v) is 6.66. The van der Waals surface area contributed by atoms with Crippen molar-refractivity contribution in [2.24, 2.45) is 0 Å². The Morgan fingerprint density at radius 1 is 1.11 bits per heavy atom. The summed E-state index contributed by atoms with van der Waals surface area (Å²) >= 11 is 0. The van der Waals surface area contributed by atoms with Crippen molar-refractivity contribution < 1.29 is 14.3 Å². The number of ketones is 1. The number of methoxy groups -OCH3 is 2. The summed E-state index contributed by atoms with van der Waals surface area (Å²) in [7, 11) is 3.33. The first-order valence-electron chi connectivity index (χ1n) is 6.66. The molecular formula is C16H24O3. The summed E-state index contributed by atoms with van der Waals surface area (Å²) in [6.45, 7) is 4.01. The van der Waals surface area contributed by atoms with Crippen molar-refractivity contribution in [3.05, 3.63) is 29.8 Å². The summed E-state index contributed by atoms with van der Waals surface area (Å²) in [5.74, 6) is 1.14. The number of hydrogen-bond acceptors (Lipinski definition) is 3. The minimum atomic E-state index is -0.213. The van der Waals surface area contributed by atoms with E-state index in [0.29, 0.717) is 18.6 Å². The van der Waals surface area contributed by atoms with E-state index in [-0.39, 0.29) is 5.60 Å². The van der Waals surface area contributed by atoms with Gasteiger partial charge in [-0.15, -0.1) is 0 Å². The molecule has 0 saturated heterocycles. The fourth-order valence-corrected chi connectivity index (χ4v) is 1.74. The van der Waals surface area contributed by atoms with Gasteiger partial charge in [0, 0.05) is 20.0 Å². The fraction of sp³-hybridized carbons (Fsp3) is 0.562. The van der Waals surface area contributed by atoms with Gasteiger partial charge in [-0.3, -0.25) is 4.79 Å². The molecule has 19 heavy (non-hydrogen) atoms. The zero-order valence-corrected chi connectivity index (χ0v) is 12.4. The molecular weight excluding hydrogens is 240 g/mol. The van der Waals surface area contributed by atoms with Crippen molar-refractivity contribution in [2.45, 2.75) is 45.1 Å². The SMILES string of the molecule is COc1ccc(CCC(=O)CCC(C)(C)OC)cc1. The van der Waals surface area contributed by atoms with Crippen LogP contribution in [0.3, 0.4) is 0 Å². The van der Waals surface area contributed by atoms with Crippen LogP contribution in [0.4, 0.5) is 0 Å². The van der Waals surface area contributed by atoms with Crippen molar-refractivity contribution >= 4 is 5.78 Å². The number of carbonyl (C=O) groups is 1. The van der Waals surface area contributed by atoms with Crippen LogP contribution in [-0.4, -0.2) is 25.6 Å². The van der Waals surface area contributed by atoms with Crippen LogP contribution in [-0.2, 0) is 16.0 Å². The van der Waals surface area contributed by atoms with Gasteiger partial charge in [0.05, 0.1) is 12.7 Å². The van der Waals surface area contributed by atoms with Crippen molar-refractivity contribution in [2.75, 3.05) is 14.2 Å². The van der Waals surface area contributed by atoms with Crippen molar-refractivity contribution in [3.8, 4) is 5.75 Å². The lowest BCUT2D eigenvalue weighted by Gasteiger charge is -2.22. The quantitative estimate of drug-likeness (QED) is 0.722. The molecule has 1 aromatic rings. The van der Waals surface area contributed by atoms with E-state index in [1.165, 1.54) is 5.56 Å². The van der Waals surface area contributed by atoms with Gasteiger partial charge in [0.25, 0.3) is 0 Å². The lowest BCUT2D eigenvalue weighted by atomic mass is 9.98. The predicted octanol–water partition coefficient (Wildman–Crippen LogP) is 3.40. The fourth-order valence-electron chi connectivity index (χ4n) is 1.74. The Hall–Kier alpha value is -1.35. The highest BCUT2D eigenvalue weighted by Crippen LogP contribution is 2.17. The molecule has 0 N–H and O–H groups in total. The Kier molecular flexibility index (Phi) is 6.03. The molecule has 0 aromatic heterocycles. The Bertz CT molecular complexity index is 393. The van der Waals surface area contributed by atoms with Crippen LogP contribution in [0.1, 0.15) is 38.7 Å². The maximum absolute atomic E-state index is 11.8. The minimum Gasteiger partial charge on any atom is -0.497 e. The first-order chi connectivity index (χ1) is 8.96. The summed E-state index contributed by atoms with van der Waals surface area (Å²) in [5, 5.41) is 0. The largest absolute Gasteiger partial charge is 0.497 e. The third-order valence-corrected chi connectivity index (χ3v) is 3.41. The van der Waals surface area contributed by atoms with Gasteiger partial charge in [-0.25, -0.2) is 0 Å². The minimum absolute atomic E-state index is 0.213. The van der Waals surface area contributed by atoms with E-state index in [1.807, 2.05) is 38.1 Å². The van der Waals surface area contributed by atoms with Gasteiger partial charge in [-0.2, -0.15) is 0 Å². The topological polar surface area (TPSA) is 35.5 Å². The highest BCUT2D eigenvalue weighted by Gasteiger charge is 2.17. The van der Waals surface area contributed by atoms with Gasteiger partial charge < -0.3 is 9.47 Å². The van der Waals surface area contributed by atoms with Gasteiger partial charge in [0.2, 0.25) is 0 Å². The number of aryl methyl sites for hydroxylation is 1. The lowest BCUT2D eigenvalue weighted by Crippen LogP contribution is -2.23. The number of hydrogen-bond donors (Lipinski definition) is 0. The standard InChI is InChI=1S/C16H24O3/c1-16(2,19-4)12-11-14(17)8-5-13-6-9-15(18-3)10-7-13/h6-7,9-10H,5,8,11-12H2,1-4H3. The van der Waals surface area contributed by atoms with Crippen LogP contribution in [0.5, 0.6) is 5.75 Å². The summed E-state index contributed by atoms with van der Waals surface area (Å²) in [5.41, 5.74) is 0.954. The number of ether oxygens (including phenoxy) is 2. The molecule has 0 unspecified atom stereocenters. The van der Waals surface area contributed by atoms with E-state index in [1.54, 1.807) is 14.2 Å². The normalized spacial score (nSPS) is 11.4. The van der Waals surface area contributed by atoms with Crippen LogP contribution in [0.2, 0.25) is 0 Å². The number of benzene rings is 1. The molecule has 0 atom stereocenters. The second kappa shape index (κ2) is 7.29. The molecule has 0 aliphatic carbocycles. The van der Waals surface area contributed by atoms with Gasteiger partial charge >= 0.3 is 0 Å². The number of carbonyl (C=O) groups excluding carboxylic acids is 1.